The molecule has 0 aliphatic carbocycles. The van der Waals surface area contributed by atoms with Crippen LogP contribution in [-0.4, -0.2) is 25.3 Å². The molecule has 0 fully saturated rings. The van der Waals surface area contributed by atoms with E-state index >= 15 is 0 Å². The van der Waals surface area contributed by atoms with Gasteiger partial charge in [-0.05, 0) is 63.6 Å². The number of carboxylic acids is 1. The van der Waals surface area contributed by atoms with E-state index in [1.165, 1.54) is 11.1 Å². The van der Waals surface area contributed by atoms with Gasteiger partial charge >= 0.3 is 5.97 Å². The maximum atomic E-state index is 10.6. The number of aliphatic carboxylic acids is 1. The van der Waals surface area contributed by atoms with E-state index in [0.29, 0.717) is 6.42 Å². The molecule has 0 spiro atoms. The maximum absolute atomic E-state index is 10.6. The highest BCUT2D eigenvalue weighted by molar-refractivity contribution is 5.66. The highest BCUT2D eigenvalue weighted by Crippen LogP contribution is 2.38. The van der Waals surface area contributed by atoms with Crippen LogP contribution in [0.1, 0.15) is 48.4 Å². The predicted octanol–water partition coefficient (Wildman–Crippen LogP) is 4.37. The maximum Gasteiger partial charge on any atom is 0.303 e. The Bertz CT molecular complexity index is 600. The fourth-order valence-electron chi connectivity index (χ4n) is 2.91. The van der Waals surface area contributed by atoms with Crippen LogP contribution in [0.25, 0.3) is 0 Å². The Balaban J connectivity index is 3.00. The van der Waals surface area contributed by atoms with E-state index in [2.05, 4.69) is 13.8 Å². The first-order chi connectivity index (χ1) is 10.8. The third kappa shape index (κ3) is 4.75. The summed E-state index contributed by atoms with van der Waals surface area (Å²) in [5.41, 5.74) is 5.70. The molecule has 0 unspecified atom stereocenters. The SMILES string of the molecule is COc1c(C)c(C)c(OC)c(CCC(C)=CCCC(=O)O)c1C. The van der Waals surface area contributed by atoms with Crippen molar-refractivity contribution in [3.8, 4) is 11.5 Å². The van der Waals surface area contributed by atoms with Gasteiger partial charge in [-0.3, -0.25) is 4.79 Å². The summed E-state index contributed by atoms with van der Waals surface area (Å²) in [5.74, 6) is 1.09. The lowest BCUT2D eigenvalue weighted by Crippen LogP contribution is -2.04. The van der Waals surface area contributed by atoms with Gasteiger partial charge in [-0.15, -0.1) is 0 Å². The minimum absolute atomic E-state index is 0.178. The van der Waals surface area contributed by atoms with Gasteiger partial charge in [-0.25, -0.2) is 0 Å². The summed E-state index contributed by atoms with van der Waals surface area (Å²) in [5, 5.41) is 8.69. The number of carboxylic acid groups (broad SMARTS) is 1. The van der Waals surface area contributed by atoms with E-state index < -0.39 is 5.97 Å². The number of hydrogen-bond acceptors (Lipinski definition) is 3. The van der Waals surface area contributed by atoms with Crippen LogP contribution in [-0.2, 0) is 11.2 Å². The van der Waals surface area contributed by atoms with E-state index in [9.17, 15) is 4.79 Å². The zero-order chi connectivity index (χ0) is 17.6. The van der Waals surface area contributed by atoms with E-state index in [-0.39, 0.29) is 6.42 Å². The smallest absolute Gasteiger partial charge is 0.303 e. The average Bonchev–Trinajstić information content (AvgIpc) is 2.49. The van der Waals surface area contributed by atoms with E-state index in [1.54, 1.807) is 14.2 Å². The molecule has 1 rings (SSSR count). The standard InChI is InChI=1S/C19H28O4/c1-12(8-7-9-17(20)21)10-11-16-15(4)18(22-5)13(2)14(3)19(16)23-6/h8H,7,9-11H2,1-6H3,(H,20,21). The van der Waals surface area contributed by atoms with Crippen LogP contribution in [0.15, 0.2) is 11.6 Å². The zero-order valence-electron chi connectivity index (χ0n) is 15.1. The van der Waals surface area contributed by atoms with Crippen molar-refractivity contribution in [3.05, 3.63) is 33.9 Å². The second-order valence-electron chi connectivity index (χ2n) is 5.90. The van der Waals surface area contributed by atoms with Crippen LogP contribution in [0.3, 0.4) is 0 Å². The van der Waals surface area contributed by atoms with Crippen molar-refractivity contribution in [1.29, 1.82) is 0 Å². The molecular formula is C19H28O4. The van der Waals surface area contributed by atoms with Crippen LogP contribution in [0.2, 0.25) is 0 Å². The third-order valence-electron chi connectivity index (χ3n) is 4.34. The lowest BCUT2D eigenvalue weighted by molar-refractivity contribution is -0.136. The first-order valence-corrected chi connectivity index (χ1v) is 7.91. The Kier molecular flexibility index (Phi) is 7.14. The van der Waals surface area contributed by atoms with Gasteiger partial charge in [0.2, 0.25) is 0 Å². The zero-order valence-corrected chi connectivity index (χ0v) is 15.1. The van der Waals surface area contributed by atoms with Crippen LogP contribution in [0, 0.1) is 20.8 Å². The minimum atomic E-state index is -0.759. The Morgan fingerprint density at radius 1 is 1.00 bits per heavy atom. The highest BCUT2D eigenvalue weighted by atomic mass is 16.5. The van der Waals surface area contributed by atoms with Crippen molar-refractivity contribution in [3.63, 3.8) is 0 Å². The normalized spacial score (nSPS) is 11.5. The number of rotatable bonds is 8. The molecular weight excluding hydrogens is 292 g/mol. The van der Waals surface area contributed by atoms with E-state index in [1.807, 2.05) is 19.9 Å². The van der Waals surface area contributed by atoms with Crippen LogP contribution in [0.5, 0.6) is 11.5 Å². The second kappa shape index (κ2) is 8.61. The van der Waals surface area contributed by atoms with Gasteiger partial charge in [0.05, 0.1) is 14.2 Å². The molecule has 0 saturated heterocycles. The average molecular weight is 320 g/mol. The Hall–Kier alpha value is -1.97. The van der Waals surface area contributed by atoms with Gasteiger partial charge in [0.15, 0.2) is 0 Å². The summed E-state index contributed by atoms with van der Waals surface area (Å²) in [7, 11) is 3.40. The van der Waals surface area contributed by atoms with Crippen molar-refractivity contribution in [2.75, 3.05) is 14.2 Å². The molecule has 0 saturated carbocycles. The summed E-state index contributed by atoms with van der Waals surface area (Å²) < 4.78 is 11.2. The molecule has 0 atom stereocenters. The Morgan fingerprint density at radius 2 is 1.57 bits per heavy atom. The monoisotopic (exact) mass is 320 g/mol. The molecule has 4 nitrogen and oxygen atoms in total. The summed E-state index contributed by atoms with van der Waals surface area (Å²) in [6, 6.07) is 0. The molecule has 0 heterocycles. The van der Waals surface area contributed by atoms with Crippen LogP contribution >= 0.6 is 0 Å². The van der Waals surface area contributed by atoms with Crippen molar-refractivity contribution < 1.29 is 19.4 Å². The van der Waals surface area contributed by atoms with Crippen molar-refractivity contribution in [2.24, 2.45) is 0 Å². The molecule has 0 amide bonds. The number of methoxy groups -OCH3 is 2. The van der Waals surface area contributed by atoms with Crippen molar-refractivity contribution in [1.82, 2.24) is 0 Å². The molecule has 4 heteroatoms. The molecule has 0 aliphatic rings. The fraction of sp³-hybridized carbons (Fsp3) is 0.526. The Morgan fingerprint density at radius 3 is 2.09 bits per heavy atom. The molecule has 128 valence electrons. The molecule has 1 aromatic carbocycles. The quantitative estimate of drug-likeness (QED) is 0.723. The number of benzene rings is 1. The fourth-order valence-corrected chi connectivity index (χ4v) is 2.91. The highest BCUT2D eigenvalue weighted by Gasteiger charge is 2.18. The molecule has 0 aliphatic heterocycles. The summed E-state index contributed by atoms with van der Waals surface area (Å²) in [4.78, 5) is 10.6. The second-order valence-corrected chi connectivity index (χ2v) is 5.90. The molecule has 0 radical (unpaired) electrons. The number of ether oxygens (including phenoxy) is 2. The van der Waals surface area contributed by atoms with Gasteiger partial charge in [0.1, 0.15) is 11.5 Å². The summed E-state index contributed by atoms with van der Waals surface area (Å²) in [6.45, 7) is 8.20. The summed E-state index contributed by atoms with van der Waals surface area (Å²) >= 11 is 0. The molecule has 23 heavy (non-hydrogen) atoms. The Labute approximate surface area is 139 Å². The lowest BCUT2D eigenvalue weighted by atomic mass is 9.93. The van der Waals surface area contributed by atoms with Gasteiger partial charge < -0.3 is 14.6 Å². The van der Waals surface area contributed by atoms with Crippen molar-refractivity contribution >= 4 is 5.97 Å². The third-order valence-corrected chi connectivity index (χ3v) is 4.34. The minimum Gasteiger partial charge on any atom is -0.496 e. The van der Waals surface area contributed by atoms with Gasteiger partial charge in [0, 0.05) is 12.0 Å². The van der Waals surface area contributed by atoms with Gasteiger partial charge in [-0.1, -0.05) is 11.6 Å². The van der Waals surface area contributed by atoms with Gasteiger partial charge in [0.25, 0.3) is 0 Å². The molecule has 1 N–H and O–H groups in total. The predicted molar refractivity (Wildman–Crippen MR) is 92.7 cm³/mol. The van der Waals surface area contributed by atoms with E-state index in [0.717, 1.165) is 41.0 Å². The molecule has 0 bridgehead atoms. The first-order valence-electron chi connectivity index (χ1n) is 7.91. The number of allylic oxidation sites excluding steroid dienone is 2. The number of hydrogen-bond donors (Lipinski definition) is 1. The van der Waals surface area contributed by atoms with Gasteiger partial charge in [-0.2, -0.15) is 0 Å². The van der Waals surface area contributed by atoms with Crippen molar-refractivity contribution in [2.45, 2.75) is 53.4 Å². The van der Waals surface area contributed by atoms with Crippen LogP contribution in [0.4, 0.5) is 0 Å². The summed E-state index contributed by atoms with van der Waals surface area (Å²) in [6.07, 6.45) is 4.49. The lowest BCUT2D eigenvalue weighted by Gasteiger charge is -2.20. The molecule has 1 aromatic rings. The molecule has 0 aromatic heterocycles. The largest absolute Gasteiger partial charge is 0.496 e. The van der Waals surface area contributed by atoms with E-state index in [4.69, 9.17) is 14.6 Å². The topological polar surface area (TPSA) is 55.8 Å². The first kappa shape index (κ1) is 19.1. The van der Waals surface area contributed by atoms with Crippen LogP contribution < -0.4 is 9.47 Å². The number of carbonyl (C=O) groups is 1.